The summed E-state index contributed by atoms with van der Waals surface area (Å²) in [6.45, 7) is 4.19. The molecule has 0 rings (SSSR count). The van der Waals surface area contributed by atoms with Gasteiger partial charge in [0.15, 0.2) is 0 Å². The molecule has 74 valence electrons. The van der Waals surface area contributed by atoms with Gasteiger partial charge in [0, 0.05) is 6.08 Å². The maximum Gasteiger partial charge on any atom is 0.334 e. The van der Waals surface area contributed by atoms with E-state index in [0.717, 1.165) is 0 Å². The van der Waals surface area contributed by atoms with Gasteiger partial charge >= 0.3 is 7.60 Å². The smallest absolute Gasteiger partial charge is 0.309 e. The second-order valence-corrected chi connectivity index (χ2v) is 4.26. The first kappa shape index (κ1) is 12.4. The Morgan fingerprint density at radius 1 is 1.38 bits per heavy atom. The first-order chi connectivity index (χ1) is 6.18. The first-order valence-electron chi connectivity index (χ1n) is 4.11. The van der Waals surface area contributed by atoms with Crippen LogP contribution in [-0.4, -0.2) is 19.4 Å². The molecule has 0 saturated carbocycles. The quantitative estimate of drug-likeness (QED) is 0.491. The second-order valence-electron chi connectivity index (χ2n) is 2.16. The van der Waals surface area contributed by atoms with Gasteiger partial charge in [-0.3, -0.25) is 4.57 Å². The molecule has 0 aromatic heterocycles. The lowest BCUT2D eigenvalue weighted by molar-refractivity contribution is 0.222. The van der Waals surface area contributed by atoms with Crippen LogP contribution in [0.4, 0.5) is 0 Å². The van der Waals surface area contributed by atoms with E-state index in [2.05, 4.69) is 0 Å². The fourth-order valence-corrected chi connectivity index (χ4v) is 2.21. The van der Waals surface area contributed by atoms with Gasteiger partial charge in [-0.05, 0) is 13.8 Å². The predicted molar refractivity (Wildman–Crippen MR) is 50.5 cm³/mol. The van der Waals surface area contributed by atoms with Crippen molar-refractivity contribution in [1.82, 2.24) is 0 Å². The minimum absolute atomic E-state index is 0.155. The number of rotatable bonds is 6. The average molecular weight is 203 g/mol. The number of hydrogen-bond donors (Lipinski definition) is 0. The molecule has 0 spiro atoms. The summed E-state index contributed by atoms with van der Waals surface area (Å²) in [5.41, 5.74) is 0. The third kappa shape index (κ3) is 5.59. The zero-order chi connectivity index (χ0) is 10.2. The zero-order valence-electron chi connectivity index (χ0n) is 7.90. The molecule has 0 heterocycles. The molecule has 0 bridgehead atoms. The van der Waals surface area contributed by atoms with E-state index in [1.807, 2.05) is 6.07 Å². The molecule has 4 nitrogen and oxygen atoms in total. The van der Waals surface area contributed by atoms with Crippen LogP contribution in [0.1, 0.15) is 13.8 Å². The fraction of sp³-hybridized carbons (Fsp3) is 0.625. The summed E-state index contributed by atoms with van der Waals surface area (Å²) in [5, 5.41) is 8.21. The van der Waals surface area contributed by atoms with Crippen molar-refractivity contribution in [2.75, 3.05) is 19.4 Å². The lowest BCUT2D eigenvalue weighted by Gasteiger charge is -2.14. The molecule has 0 aliphatic rings. The van der Waals surface area contributed by atoms with Crippen LogP contribution >= 0.6 is 7.60 Å². The van der Waals surface area contributed by atoms with Gasteiger partial charge < -0.3 is 9.05 Å². The highest BCUT2D eigenvalue weighted by molar-refractivity contribution is 7.54. The molecule has 0 aromatic rings. The van der Waals surface area contributed by atoms with E-state index < -0.39 is 7.60 Å². The third-order valence-corrected chi connectivity index (χ3v) is 3.13. The molecular formula is C8H14NO3P. The van der Waals surface area contributed by atoms with E-state index in [9.17, 15) is 4.57 Å². The van der Waals surface area contributed by atoms with Crippen molar-refractivity contribution in [3.63, 3.8) is 0 Å². The van der Waals surface area contributed by atoms with Crippen LogP contribution in [0.2, 0.25) is 0 Å². The Balaban J connectivity index is 4.17. The SMILES string of the molecule is CCOP(=O)(CC=CC#N)OCC. The van der Waals surface area contributed by atoms with Crippen molar-refractivity contribution in [2.45, 2.75) is 13.8 Å². The minimum Gasteiger partial charge on any atom is -0.309 e. The number of hydrogen-bond acceptors (Lipinski definition) is 4. The van der Waals surface area contributed by atoms with E-state index in [1.54, 1.807) is 13.8 Å². The summed E-state index contributed by atoms with van der Waals surface area (Å²) in [5.74, 6) is 0. The Morgan fingerprint density at radius 3 is 2.31 bits per heavy atom. The van der Waals surface area contributed by atoms with Gasteiger partial charge in [0.05, 0.1) is 25.4 Å². The molecule has 0 aromatic carbocycles. The third-order valence-electron chi connectivity index (χ3n) is 1.17. The van der Waals surface area contributed by atoms with Crippen LogP contribution in [0.3, 0.4) is 0 Å². The van der Waals surface area contributed by atoms with E-state index in [0.29, 0.717) is 13.2 Å². The number of nitrogens with zero attached hydrogens (tertiary/aromatic N) is 1. The monoisotopic (exact) mass is 203 g/mol. The van der Waals surface area contributed by atoms with Gasteiger partial charge in [-0.2, -0.15) is 5.26 Å². The van der Waals surface area contributed by atoms with Gasteiger partial charge in [-0.1, -0.05) is 6.08 Å². The van der Waals surface area contributed by atoms with Crippen LogP contribution in [0.5, 0.6) is 0 Å². The lowest BCUT2D eigenvalue weighted by atomic mass is 10.6. The summed E-state index contributed by atoms with van der Waals surface area (Å²) in [7, 11) is -2.99. The van der Waals surface area contributed by atoms with Crippen LogP contribution < -0.4 is 0 Å². The standard InChI is InChI=1S/C8H14NO3P/c1-3-11-13(10,12-4-2)8-6-5-7-9/h5-6H,3-4,8H2,1-2H3. The minimum atomic E-state index is -2.99. The molecule has 0 aliphatic carbocycles. The van der Waals surface area contributed by atoms with Crippen LogP contribution in [0.15, 0.2) is 12.2 Å². The molecule has 0 atom stereocenters. The van der Waals surface area contributed by atoms with Crippen molar-refractivity contribution < 1.29 is 13.6 Å². The van der Waals surface area contributed by atoms with Crippen molar-refractivity contribution in [2.24, 2.45) is 0 Å². The van der Waals surface area contributed by atoms with Gasteiger partial charge in [-0.15, -0.1) is 0 Å². The van der Waals surface area contributed by atoms with Crippen molar-refractivity contribution in [1.29, 1.82) is 5.26 Å². The van der Waals surface area contributed by atoms with E-state index in [-0.39, 0.29) is 6.16 Å². The molecule has 5 heteroatoms. The highest BCUT2D eigenvalue weighted by Gasteiger charge is 2.20. The van der Waals surface area contributed by atoms with Crippen molar-refractivity contribution in [3.8, 4) is 6.07 Å². The molecule has 0 radical (unpaired) electrons. The predicted octanol–water partition coefficient (Wildman–Crippen LogP) is 2.33. The molecule has 0 saturated heterocycles. The normalized spacial score (nSPS) is 11.8. The molecule has 0 aliphatic heterocycles. The Bertz CT molecular complexity index is 234. The number of nitriles is 1. The first-order valence-corrected chi connectivity index (χ1v) is 5.84. The van der Waals surface area contributed by atoms with Gasteiger partial charge in [-0.25, -0.2) is 0 Å². The highest BCUT2D eigenvalue weighted by Crippen LogP contribution is 2.47. The van der Waals surface area contributed by atoms with Crippen molar-refractivity contribution in [3.05, 3.63) is 12.2 Å². The van der Waals surface area contributed by atoms with Crippen LogP contribution in [0, 0.1) is 11.3 Å². The van der Waals surface area contributed by atoms with Crippen LogP contribution in [-0.2, 0) is 13.6 Å². The van der Waals surface area contributed by atoms with E-state index in [1.165, 1.54) is 12.2 Å². The summed E-state index contributed by atoms with van der Waals surface area (Å²) in [6, 6.07) is 1.81. The van der Waals surface area contributed by atoms with Crippen LogP contribution in [0.25, 0.3) is 0 Å². The highest BCUT2D eigenvalue weighted by atomic mass is 31.2. The Labute approximate surface area is 78.7 Å². The van der Waals surface area contributed by atoms with Gasteiger partial charge in [0.1, 0.15) is 0 Å². The zero-order valence-corrected chi connectivity index (χ0v) is 8.79. The summed E-state index contributed by atoms with van der Waals surface area (Å²) in [4.78, 5) is 0. The van der Waals surface area contributed by atoms with Gasteiger partial charge in [0.2, 0.25) is 0 Å². The Morgan fingerprint density at radius 2 is 1.92 bits per heavy atom. The molecular weight excluding hydrogens is 189 g/mol. The molecule has 0 fully saturated rings. The van der Waals surface area contributed by atoms with Crippen molar-refractivity contribution >= 4 is 7.60 Å². The Kier molecular flexibility index (Phi) is 6.52. The van der Waals surface area contributed by atoms with Gasteiger partial charge in [0.25, 0.3) is 0 Å². The number of allylic oxidation sites excluding steroid dienone is 2. The summed E-state index contributed by atoms with van der Waals surface area (Å²) in [6.07, 6.45) is 2.92. The van der Waals surface area contributed by atoms with E-state index >= 15 is 0 Å². The molecule has 0 N–H and O–H groups in total. The Hall–Kier alpha value is -0.620. The molecule has 0 unspecified atom stereocenters. The second kappa shape index (κ2) is 6.85. The topological polar surface area (TPSA) is 59.3 Å². The van der Waals surface area contributed by atoms with E-state index in [4.69, 9.17) is 14.3 Å². The average Bonchev–Trinajstić information content (AvgIpc) is 2.05. The molecule has 0 amide bonds. The summed E-state index contributed by atoms with van der Waals surface area (Å²) >= 11 is 0. The molecule has 13 heavy (non-hydrogen) atoms. The summed E-state index contributed by atoms with van der Waals surface area (Å²) < 4.78 is 21.7. The fourth-order valence-electron chi connectivity index (χ4n) is 0.771. The maximum absolute atomic E-state index is 11.7. The largest absolute Gasteiger partial charge is 0.334 e. The lowest BCUT2D eigenvalue weighted by Crippen LogP contribution is -1.98. The maximum atomic E-state index is 11.7.